The van der Waals surface area contributed by atoms with Crippen LogP contribution in [0, 0.1) is 0 Å². The molecule has 0 bridgehead atoms. The van der Waals surface area contributed by atoms with E-state index in [1.807, 2.05) is 0 Å². The highest BCUT2D eigenvalue weighted by Crippen LogP contribution is 2.41. The molecule has 2 aromatic carbocycles. The zero-order chi connectivity index (χ0) is 20.6. The Labute approximate surface area is 163 Å². The average Bonchev–Trinajstić information content (AvgIpc) is 2.72. The van der Waals surface area contributed by atoms with Crippen LogP contribution < -0.4 is 4.90 Å². The summed E-state index contributed by atoms with van der Waals surface area (Å²) in [6, 6.07) is 13.2. The molecule has 0 unspecified atom stereocenters. The van der Waals surface area contributed by atoms with Crippen molar-refractivity contribution in [3.63, 3.8) is 0 Å². The number of hydrogen-bond acceptors (Lipinski definition) is 3. The van der Waals surface area contributed by atoms with Gasteiger partial charge in [0.25, 0.3) is 0 Å². The van der Waals surface area contributed by atoms with Gasteiger partial charge in [-0.15, -0.1) is 0 Å². The van der Waals surface area contributed by atoms with Gasteiger partial charge >= 0.3 is 12.1 Å². The van der Waals surface area contributed by atoms with Crippen LogP contribution in [0.15, 0.2) is 72.7 Å². The number of aromatic nitrogens is 1. The SMILES string of the molecule is O=C(O)c1cccc(N2C(c3cccnc3)=C=Cc3cc(C(F)(F)F)ccc32)c1. The molecule has 29 heavy (non-hydrogen) atoms. The minimum Gasteiger partial charge on any atom is -0.478 e. The molecule has 0 atom stereocenters. The smallest absolute Gasteiger partial charge is 0.416 e. The minimum atomic E-state index is -4.47. The molecular formula is C22H13F3N2O2. The number of nitrogens with zero attached hydrogens (tertiary/aromatic N) is 2. The standard InChI is InChI=1S/C22H13F3N2O2/c23-22(24,25)17-7-9-19-14(11-17)6-8-20(16-4-2-10-26-13-16)27(19)18-5-1-3-15(12-18)21(28)29/h1-7,9-13H,(H,28,29). The molecule has 4 nitrogen and oxygen atoms in total. The molecule has 1 aromatic heterocycles. The second kappa shape index (κ2) is 6.96. The molecule has 4 rings (SSSR count). The molecule has 7 heteroatoms. The van der Waals surface area contributed by atoms with E-state index < -0.39 is 17.7 Å². The van der Waals surface area contributed by atoms with Crippen molar-refractivity contribution >= 4 is 29.1 Å². The second-order valence-corrected chi connectivity index (χ2v) is 6.34. The summed E-state index contributed by atoms with van der Waals surface area (Å²) in [5.41, 5.74) is 4.87. The fourth-order valence-electron chi connectivity index (χ4n) is 3.14. The maximum atomic E-state index is 13.1. The van der Waals surface area contributed by atoms with E-state index in [1.54, 1.807) is 41.6 Å². The first-order chi connectivity index (χ1) is 13.8. The second-order valence-electron chi connectivity index (χ2n) is 6.34. The molecule has 1 aliphatic rings. The van der Waals surface area contributed by atoms with E-state index >= 15 is 0 Å². The Morgan fingerprint density at radius 3 is 2.59 bits per heavy atom. The number of carboxylic acids is 1. The van der Waals surface area contributed by atoms with Gasteiger partial charge in [0.05, 0.1) is 22.5 Å². The maximum absolute atomic E-state index is 13.1. The molecule has 144 valence electrons. The molecule has 2 heterocycles. The number of alkyl halides is 3. The van der Waals surface area contributed by atoms with Crippen molar-refractivity contribution in [3.8, 4) is 0 Å². The largest absolute Gasteiger partial charge is 0.478 e. The van der Waals surface area contributed by atoms with Gasteiger partial charge in [-0.1, -0.05) is 11.8 Å². The van der Waals surface area contributed by atoms with Gasteiger partial charge in [0.15, 0.2) is 0 Å². The first-order valence-electron chi connectivity index (χ1n) is 8.56. The predicted octanol–water partition coefficient (Wildman–Crippen LogP) is 5.60. The molecule has 1 aliphatic heterocycles. The van der Waals surface area contributed by atoms with Gasteiger partial charge in [0.2, 0.25) is 0 Å². The van der Waals surface area contributed by atoms with Crippen LogP contribution in [0.25, 0.3) is 11.8 Å². The van der Waals surface area contributed by atoms with Crippen LogP contribution in [0.3, 0.4) is 0 Å². The number of halogens is 3. The van der Waals surface area contributed by atoms with E-state index in [0.29, 0.717) is 28.2 Å². The number of aromatic carboxylic acids is 1. The van der Waals surface area contributed by atoms with E-state index in [-0.39, 0.29) is 5.56 Å². The summed E-state index contributed by atoms with van der Waals surface area (Å²) in [7, 11) is 0. The third kappa shape index (κ3) is 3.51. The van der Waals surface area contributed by atoms with Crippen molar-refractivity contribution in [3.05, 3.63) is 95.0 Å². The summed E-state index contributed by atoms with van der Waals surface area (Å²) in [5.74, 6) is -1.10. The molecule has 1 N–H and O–H groups in total. The number of fused-ring (bicyclic) bond motifs is 1. The van der Waals surface area contributed by atoms with E-state index in [0.717, 1.165) is 12.1 Å². The van der Waals surface area contributed by atoms with Crippen LogP contribution in [0.1, 0.15) is 27.0 Å². The van der Waals surface area contributed by atoms with Crippen LogP contribution in [-0.2, 0) is 6.18 Å². The maximum Gasteiger partial charge on any atom is 0.416 e. The van der Waals surface area contributed by atoms with Gasteiger partial charge in [-0.2, -0.15) is 13.2 Å². The van der Waals surface area contributed by atoms with Crippen LogP contribution in [0.4, 0.5) is 24.5 Å². The summed E-state index contributed by atoms with van der Waals surface area (Å²) in [5, 5.41) is 9.33. The van der Waals surface area contributed by atoms with Crippen molar-refractivity contribution in [1.82, 2.24) is 4.98 Å². The lowest BCUT2D eigenvalue weighted by Gasteiger charge is -2.30. The fraction of sp³-hybridized carbons (Fsp3) is 0.0455. The minimum absolute atomic E-state index is 0.0658. The highest BCUT2D eigenvalue weighted by Gasteiger charge is 2.32. The Morgan fingerprint density at radius 1 is 1.07 bits per heavy atom. The molecule has 0 fully saturated rings. The zero-order valence-electron chi connectivity index (χ0n) is 14.8. The van der Waals surface area contributed by atoms with Crippen LogP contribution in [-0.4, -0.2) is 16.1 Å². The van der Waals surface area contributed by atoms with Crippen LogP contribution in [0.5, 0.6) is 0 Å². The van der Waals surface area contributed by atoms with Crippen LogP contribution in [0.2, 0.25) is 0 Å². The third-order valence-corrected chi connectivity index (χ3v) is 4.47. The highest BCUT2D eigenvalue weighted by atomic mass is 19.4. The summed E-state index contributed by atoms with van der Waals surface area (Å²) < 4.78 is 39.4. The van der Waals surface area contributed by atoms with Gasteiger partial charge in [-0.25, -0.2) is 4.79 Å². The topological polar surface area (TPSA) is 53.4 Å². The van der Waals surface area contributed by atoms with Gasteiger partial charge in [-0.3, -0.25) is 4.98 Å². The van der Waals surface area contributed by atoms with Crippen LogP contribution >= 0.6 is 0 Å². The van der Waals surface area contributed by atoms with E-state index in [9.17, 15) is 23.1 Å². The first kappa shape index (κ1) is 18.5. The number of benzene rings is 2. The molecule has 3 aromatic rings. The van der Waals surface area contributed by atoms with Crippen molar-refractivity contribution in [2.45, 2.75) is 6.18 Å². The number of anilines is 2. The predicted molar refractivity (Wildman–Crippen MR) is 103 cm³/mol. The summed E-state index contributed by atoms with van der Waals surface area (Å²) in [6.07, 6.45) is 0.240. The Balaban J connectivity index is 1.94. The fourth-order valence-corrected chi connectivity index (χ4v) is 3.14. The quantitative estimate of drug-likeness (QED) is 0.587. The van der Waals surface area contributed by atoms with E-state index in [4.69, 9.17) is 0 Å². The van der Waals surface area contributed by atoms with Crippen molar-refractivity contribution in [2.24, 2.45) is 0 Å². The average molecular weight is 394 g/mol. The lowest BCUT2D eigenvalue weighted by atomic mass is 10.0. The number of rotatable bonds is 3. The Kier molecular flexibility index (Phi) is 4.45. The molecule has 0 saturated heterocycles. The van der Waals surface area contributed by atoms with Gasteiger partial charge < -0.3 is 10.0 Å². The lowest BCUT2D eigenvalue weighted by Crippen LogP contribution is -2.19. The van der Waals surface area contributed by atoms with E-state index in [2.05, 4.69) is 10.7 Å². The number of carboxylic acid groups (broad SMARTS) is 1. The van der Waals surface area contributed by atoms with Crippen molar-refractivity contribution in [1.29, 1.82) is 0 Å². The molecule has 0 radical (unpaired) electrons. The van der Waals surface area contributed by atoms with Crippen molar-refractivity contribution in [2.75, 3.05) is 4.90 Å². The van der Waals surface area contributed by atoms with Gasteiger partial charge in [0.1, 0.15) is 0 Å². The zero-order valence-corrected chi connectivity index (χ0v) is 14.8. The Morgan fingerprint density at radius 2 is 1.90 bits per heavy atom. The lowest BCUT2D eigenvalue weighted by molar-refractivity contribution is -0.137. The van der Waals surface area contributed by atoms with E-state index in [1.165, 1.54) is 24.3 Å². The number of carbonyl (C=O) groups is 1. The number of hydrogen-bond donors (Lipinski definition) is 1. The van der Waals surface area contributed by atoms with Crippen molar-refractivity contribution < 1.29 is 23.1 Å². The molecular weight excluding hydrogens is 381 g/mol. The summed E-state index contributed by atoms with van der Waals surface area (Å²) in [6.45, 7) is 0. The molecule has 0 amide bonds. The van der Waals surface area contributed by atoms with Gasteiger partial charge in [-0.05, 0) is 54.6 Å². The monoisotopic (exact) mass is 394 g/mol. The normalized spacial score (nSPS) is 13.1. The van der Waals surface area contributed by atoms with Gasteiger partial charge in [0, 0.05) is 29.2 Å². The summed E-state index contributed by atoms with van der Waals surface area (Å²) >= 11 is 0. The summed E-state index contributed by atoms with van der Waals surface area (Å²) in [4.78, 5) is 17.2. The first-order valence-corrected chi connectivity index (χ1v) is 8.56. The molecule has 0 aliphatic carbocycles. The Bertz CT molecular complexity index is 1160. The highest BCUT2D eigenvalue weighted by molar-refractivity contribution is 5.96. The number of pyridine rings is 1. The Hall–Kier alpha value is -3.83. The molecule has 0 spiro atoms. The molecule has 0 saturated carbocycles. The third-order valence-electron chi connectivity index (χ3n) is 4.47.